The predicted molar refractivity (Wildman–Crippen MR) is 243 cm³/mol. The van der Waals surface area contributed by atoms with Crippen LogP contribution in [0.15, 0.2) is 176 Å². The molecule has 1 nitrogen and oxygen atoms in total. The van der Waals surface area contributed by atoms with Gasteiger partial charge in [-0.15, -0.1) is 0 Å². The summed E-state index contributed by atoms with van der Waals surface area (Å²) in [6.07, 6.45) is 6.09. The third kappa shape index (κ3) is 5.47. The van der Waals surface area contributed by atoms with E-state index in [1.165, 1.54) is 109 Å². The third-order valence-corrected chi connectivity index (χ3v) is 11.6. The largest absolute Gasteiger partial charge is 0.309 e. The first-order chi connectivity index (χ1) is 27.5. The summed E-state index contributed by atoms with van der Waals surface area (Å²) < 4.78 is 2.42. The SMILES string of the molecule is C=C/C=c1/ccc(-c2ccc3c(c2)c2cc(C)ccc2n3-c2ccc(-c3c4ccccc4c(-c4ccc5cc(C)ccc5c4)c4ccccc34)cc2)c/c1=C/C. The van der Waals surface area contributed by atoms with Crippen LogP contribution < -0.4 is 10.4 Å². The number of aryl methyl sites for hydroxylation is 2. The number of hydrogen-bond donors (Lipinski definition) is 0. The van der Waals surface area contributed by atoms with Crippen molar-refractivity contribution in [3.8, 4) is 39.1 Å². The highest BCUT2D eigenvalue weighted by atomic mass is 15.0. The van der Waals surface area contributed by atoms with Crippen LogP contribution in [0.5, 0.6) is 0 Å². The number of aromatic nitrogens is 1. The summed E-state index contributed by atoms with van der Waals surface area (Å²) in [5, 5.41) is 12.5. The summed E-state index contributed by atoms with van der Waals surface area (Å²) in [4.78, 5) is 0. The zero-order valence-corrected chi connectivity index (χ0v) is 32.0. The van der Waals surface area contributed by atoms with Crippen molar-refractivity contribution in [2.75, 3.05) is 0 Å². The molecule has 0 N–H and O–H groups in total. The van der Waals surface area contributed by atoms with Crippen LogP contribution in [-0.2, 0) is 0 Å². The molecular weight excluding hydrogens is 675 g/mol. The first-order valence-electron chi connectivity index (χ1n) is 19.5. The van der Waals surface area contributed by atoms with Gasteiger partial charge in [0.15, 0.2) is 0 Å². The van der Waals surface area contributed by atoms with Crippen LogP contribution >= 0.6 is 0 Å². The topological polar surface area (TPSA) is 4.93 Å². The maximum Gasteiger partial charge on any atom is 0.0541 e. The molecule has 0 aliphatic carbocycles. The molecule has 0 unspecified atom stereocenters. The molecule has 0 radical (unpaired) electrons. The van der Waals surface area contributed by atoms with E-state index < -0.39 is 0 Å². The molecule has 1 heteroatoms. The molecule has 0 saturated carbocycles. The van der Waals surface area contributed by atoms with Gasteiger partial charge in [0.25, 0.3) is 0 Å². The van der Waals surface area contributed by atoms with Crippen molar-refractivity contribution >= 4 is 66.3 Å². The first-order valence-corrected chi connectivity index (χ1v) is 19.5. The number of rotatable bonds is 5. The normalized spacial score (nSPS) is 12.5. The van der Waals surface area contributed by atoms with Gasteiger partial charge in [0.2, 0.25) is 0 Å². The average molecular weight is 716 g/mol. The van der Waals surface area contributed by atoms with Gasteiger partial charge in [-0.25, -0.2) is 0 Å². The summed E-state index contributed by atoms with van der Waals surface area (Å²) in [5.41, 5.74) is 13.5. The molecule has 9 aromatic carbocycles. The molecule has 1 aromatic heterocycles. The summed E-state index contributed by atoms with van der Waals surface area (Å²) in [7, 11) is 0. The quantitative estimate of drug-likeness (QED) is 0.156. The van der Waals surface area contributed by atoms with Crippen molar-refractivity contribution in [2.24, 2.45) is 0 Å². The Morgan fingerprint density at radius 1 is 0.429 bits per heavy atom. The molecule has 10 aromatic rings. The Kier molecular flexibility index (Phi) is 8.04. The average Bonchev–Trinajstić information content (AvgIpc) is 3.55. The van der Waals surface area contributed by atoms with Crippen LogP contribution in [0.1, 0.15) is 18.1 Å². The van der Waals surface area contributed by atoms with Crippen LogP contribution in [0, 0.1) is 13.8 Å². The maximum atomic E-state index is 3.90. The van der Waals surface area contributed by atoms with Gasteiger partial charge < -0.3 is 4.57 Å². The number of hydrogen-bond acceptors (Lipinski definition) is 0. The van der Waals surface area contributed by atoms with E-state index in [-0.39, 0.29) is 0 Å². The molecular formula is C55H41N. The molecule has 1 heterocycles. The van der Waals surface area contributed by atoms with E-state index in [9.17, 15) is 0 Å². The van der Waals surface area contributed by atoms with Crippen molar-refractivity contribution in [1.82, 2.24) is 4.57 Å². The zero-order valence-electron chi connectivity index (χ0n) is 32.0. The first kappa shape index (κ1) is 33.6. The summed E-state index contributed by atoms with van der Waals surface area (Å²) in [6, 6.07) is 61.1. The highest BCUT2D eigenvalue weighted by molar-refractivity contribution is 6.22. The Hall–Kier alpha value is -6.96. The van der Waals surface area contributed by atoms with Crippen molar-refractivity contribution in [3.63, 3.8) is 0 Å². The Labute approximate surface area is 327 Å². The van der Waals surface area contributed by atoms with Crippen LogP contribution in [0.4, 0.5) is 0 Å². The molecule has 0 amide bonds. The fourth-order valence-electron chi connectivity index (χ4n) is 8.93. The van der Waals surface area contributed by atoms with E-state index in [1.807, 2.05) is 6.08 Å². The van der Waals surface area contributed by atoms with E-state index in [2.05, 4.69) is 208 Å². The molecule has 0 spiro atoms. The van der Waals surface area contributed by atoms with E-state index in [0.717, 1.165) is 5.69 Å². The van der Waals surface area contributed by atoms with Crippen molar-refractivity contribution in [1.29, 1.82) is 0 Å². The lowest BCUT2D eigenvalue weighted by Gasteiger charge is -2.18. The molecule has 0 fully saturated rings. The molecule has 0 atom stereocenters. The predicted octanol–water partition coefficient (Wildman–Crippen LogP) is 13.6. The lowest BCUT2D eigenvalue weighted by molar-refractivity contribution is 1.18. The number of fused-ring (bicyclic) bond motifs is 6. The van der Waals surface area contributed by atoms with Gasteiger partial charge in [-0.3, -0.25) is 0 Å². The van der Waals surface area contributed by atoms with Crippen LogP contribution in [0.25, 0.3) is 105 Å². The minimum absolute atomic E-state index is 1.15. The van der Waals surface area contributed by atoms with Crippen molar-refractivity contribution in [3.05, 3.63) is 198 Å². The lowest BCUT2D eigenvalue weighted by Crippen LogP contribution is -2.23. The minimum atomic E-state index is 1.15. The Morgan fingerprint density at radius 3 is 1.62 bits per heavy atom. The van der Waals surface area contributed by atoms with Crippen molar-refractivity contribution in [2.45, 2.75) is 20.8 Å². The highest BCUT2D eigenvalue weighted by Crippen LogP contribution is 2.44. The molecule has 56 heavy (non-hydrogen) atoms. The van der Waals surface area contributed by atoms with Gasteiger partial charge in [0.05, 0.1) is 11.0 Å². The smallest absolute Gasteiger partial charge is 0.0541 e. The molecule has 266 valence electrons. The summed E-state index contributed by atoms with van der Waals surface area (Å²) in [6.45, 7) is 10.3. The van der Waals surface area contributed by atoms with E-state index in [4.69, 9.17) is 0 Å². The van der Waals surface area contributed by atoms with Gasteiger partial charge in [-0.2, -0.15) is 0 Å². The second-order valence-corrected chi connectivity index (χ2v) is 15.1. The fourth-order valence-corrected chi connectivity index (χ4v) is 8.93. The summed E-state index contributed by atoms with van der Waals surface area (Å²) in [5.74, 6) is 0. The molecule has 0 bridgehead atoms. The maximum absolute atomic E-state index is 3.90. The van der Waals surface area contributed by atoms with Gasteiger partial charge in [-0.1, -0.05) is 151 Å². The number of nitrogens with zero attached hydrogens (tertiary/aromatic N) is 1. The van der Waals surface area contributed by atoms with E-state index in [0.29, 0.717) is 0 Å². The second kappa shape index (κ2) is 13.4. The van der Waals surface area contributed by atoms with Gasteiger partial charge >= 0.3 is 0 Å². The third-order valence-electron chi connectivity index (χ3n) is 11.6. The molecule has 0 saturated heterocycles. The lowest BCUT2D eigenvalue weighted by atomic mass is 9.85. The van der Waals surface area contributed by atoms with E-state index in [1.54, 1.807) is 0 Å². The zero-order chi connectivity index (χ0) is 37.9. The number of benzene rings is 9. The monoisotopic (exact) mass is 715 g/mol. The van der Waals surface area contributed by atoms with Crippen LogP contribution in [0.3, 0.4) is 0 Å². The van der Waals surface area contributed by atoms with E-state index >= 15 is 0 Å². The van der Waals surface area contributed by atoms with Crippen LogP contribution in [0.2, 0.25) is 0 Å². The van der Waals surface area contributed by atoms with Crippen molar-refractivity contribution < 1.29 is 0 Å². The second-order valence-electron chi connectivity index (χ2n) is 15.1. The summed E-state index contributed by atoms with van der Waals surface area (Å²) >= 11 is 0. The Bertz CT molecular complexity index is 3280. The van der Waals surface area contributed by atoms with Gasteiger partial charge in [0.1, 0.15) is 0 Å². The Balaban J connectivity index is 1.13. The standard InChI is InChI=1S/C55H41N/c1-5-11-38-19-20-42(32-37(38)6-2)43-25-29-53-51(34-43)50-31-36(4)17-28-52(50)56(53)45-26-23-39(24-27-45)54-46-12-7-9-14-48(46)55(49-15-10-8-13-47(49)54)44-22-21-40-30-35(3)16-18-41(40)33-44/h5-34H,1H2,2-4H3/b37-6-,38-11-. The minimum Gasteiger partial charge on any atom is -0.309 e. The molecule has 0 aliphatic heterocycles. The fraction of sp³-hybridized carbons (Fsp3) is 0.0545. The Morgan fingerprint density at radius 2 is 0.946 bits per heavy atom. The molecule has 0 aliphatic rings. The molecule has 10 rings (SSSR count). The highest BCUT2D eigenvalue weighted by Gasteiger charge is 2.18. The van der Waals surface area contributed by atoms with Gasteiger partial charge in [-0.05, 0) is 145 Å². The van der Waals surface area contributed by atoms with Gasteiger partial charge in [0, 0.05) is 16.5 Å². The van der Waals surface area contributed by atoms with Crippen LogP contribution in [-0.4, -0.2) is 4.57 Å². The number of allylic oxidation sites excluding steroid dienone is 1.